The molecule has 22 heavy (non-hydrogen) atoms. The van der Waals surface area contributed by atoms with Gasteiger partial charge >= 0.3 is 11.9 Å². The molecule has 7 nitrogen and oxygen atoms in total. The second kappa shape index (κ2) is 6.06. The van der Waals surface area contributed by atoms with Gasteiger partial charge in [-0.05, 0) is 30.3 Å². The minimum Gasteiger partial charge on any atom is -0.478 e. The lowest BCUT2D eigenvalue weighted by atomic mass is 10.00. The van der Waals surface area contributed by atoms with Crippen molar-refractivity contribution in [3.63, 3.8) is 0 Å². The average molecular weight is 301 g/mol. The zero-order valence-electron chi connectivity index (χ0n) is 11.1. The van der Waals surface area contributed by atoms with Crippen LogP contribution in [0, 0.1) is 0 Å². The highest BCUT2D eigenvalue weighted by atomic mass is 16.6. The first-order valence-electron chi connectivity index (χ1n) is 6.06. The van der Waals surface area contributed by atoms with Gasteiger partial charge in [-0.15, -0.1) is 0 Å². The van der Waals surface area contributed by atoms with Crippen LogP contribution in [0.1, 0.15) is 36.6 Å². The van der Waals surface area contributed by atoms with Crippen molar-refractivity contribution in [2.75, 3.05) is 0 Å². The van der Waals surface area contributed by atoms with Gasteiger partial charge in [-0.3, -0.25) is 4.79 Å². The Morgan fingerprint density at radius 1 is 0.818 bits per heavy atom. The molecule has 0 aliphatic rings. The van der Waals surface area contributed by atoms with Crippen molar-refractivity contribution >= 4 is 17.7 Å². The van der Waals surface area contributed by atoms with Crippen LogP contribution in [0.5, 0.6) is 5.75 Å². The van der Waals surface area contributed by atoms with Crippen molar-refractivity contribution in [1.29, 1.82) is 0 Å². The monoisotopic (exact) mass is 301 g/mol. The minimum absolute atomic E-state index is 0.0506. The number of hydrogen-bond acceptors (Lipinski definition) is 5. The number of carbonyl (C=O) groups is 3. The predicted molar refractivity (Wildman–Crippen MR) is 75.1 cm³/mol. The average Bonchev–Trinajstić information content (AvgIpc) is 2.53. The topological polar surface area (TPSA) is 127 Å². The molecular formula is C15H11NO6. The maximum absolute atomic E-state index is 12.3. The number of ketones is 1. The highest BCUT2D eigenvalue weighted by Gasteiger charge is 2.17. The molecule has 0 aliphatic heterocycles. The van der Waals surface area contributed by atoms with Crippen molar-refractivity contribution in [2.24, 2.45) is 5.90 Å². The Hall–Kier alpha value is -3.19. The summed E-state index contributed by atoms with van der Waals surface area (Å²) in [6, 6.07) is 9.12. The third-order valence-corrected chi connectivity index (χ3v) is 2.99. The van der Waals surface area contributed by atoms with Crippen LogP contribution in [-0.4, -0.2) is 27.9 Å². The molecule has 0 radical (unpaired) electrons. The summed E-state index contributed by atoms with van der Waals surface area (Å²) in [4.78, 5) is 38.6. The Morgan fingerprint density at radius 3 is 1.86 bits per heavy atom. The van der Waals surface area contributed by atoms with Crippen LogP contribution in [-0.2, 0) is 0 Å². The second-order valence-corrected chi connectivity index (χ2v) is 4.35. The van der Waals surface area contributed by atoms with E-state index in [1.807, 2.05) is 0 Å². The number of carboxylic acid groups (broad SMARTS) is 2. The van der Waals surface area contributed by atoms with Gasteiger partial charge in [0.05, 0.1) is 5.56 Å². The Labute approximate surface area is 124 Å². The van der Waals surface area contributed by atoms with Crippen LogP contribution in [0.15, 0.2) is 42.5 Å². The normalized spacial score (nSPS) is 10.0. The number of carbonyl (C=O) groups excluding carboxylic acids is 1. The van der Waals surface area contributed by atoms with Crippen LogP contribution in [0.3, 0.4) is 0 Å². The summed E-state index contributed by atoms with van der Waals surface area (Å²) in [7, 11) is 0. The summed E-state index contributed by atoms with van der Waals surface area (Å²) in [5.74, 6) is 2.08. The molecule has 4 N–H and O–H groups in total. The van der Waals surface area contributed by atoms with Gasteiger partial charge in [0.25, 0.3) is 0 Å². The van der Waals surface area contributed by atoms with E-state index in [1.165, 1.54) is 36.4 Å². The number of nitrogens with two attached hydrogens (primary N) is 1. The quantitative estimate of drug-likeness (QED) is 0.565. The molecule has 0 unspecified atom stereocenters. The molecule has 0 amide bonds. The number of aromatic carboxylic acids is 2. The largest absolute Gasteiger partial charge is 0.478 e. The molecule has 2 rings (SSSR count). The molecule has 0 bridgehead atoms. The first kappa shape index (κ1) is 15.2. The van der Waals surface area contributed by atoms with Crippen molar-refractivity contribution in [3.05, 3.63) is 64.7 Å². The Bertz CT molecular complexity index is 751. The van der Waals surface area contributed by atoms with Gasteiger partial charge in [-0.1, -0.05) is 12.1 Å². The second-order valence-electron chi connectivity index (χ2n) is 4.35. The van der Waals surface area contributed by atoms with E-state index in [1.54, 1.807) is 0 Å². The van der Waals surface area contributed by atoms with Crippen molar-refractivity contribution in [2.45, 2.75) is 0 Å². The first-order valence-corrected chi connectivity index (χ1v) is 6.06. The lowest BCUT2D eigenvalue weighted by Gasteiger charge is -2.07. The standard InChI is InChI=1S/C15H11NO6/c16-22-12-6-5-10(7-11(12)15(20)21)13(17)8-1-3-9(4-2-8)14(18)19/h1-7H,16H2,(H,18,19)(H,20,21). The molecule has 0 atom stereocenters. The van der Waals surface area contributed by atoms with Gasteiger partial charge in [-0.2, -0.15) is 5.90 Å². The third kappa shape index (κ3) is 2.94. The van der Waals surface area contributed by atoms with Gasteiger partial charge in [0.15, 0.2) is 11.5 Å². The summed E-state index contributed by atoms with van der Waals surface area (Å²) < 4.78 is 0. The minimum atomic E-state index is -1.28. The molecule has 0 heterocycles. The molecule has 0 saturated carbocycles. The third-order valence-electron chi connectivity index (χ3n) is 2.99. The lowest BCUT2D eigenvalue weighted by molar-refractivity contribution is 0.0683. The zero-order valence-corrected chi connectivity index (χ0v) is 11.1. The van der Waals surface area contributed by atoms with Gasteiger partial charge in [0.1, 0.15) is 5.56 Å². The Kier molecular flexibility index (Phi) is 4.19. The maximum atomic E-state index is 12.3. The molecule has 0 spiro atoms. The number of carboxylic acids is 2. The molecule has 7 heteroatoms. The fourth-order valence-corrected chi connectivity index (χ4v) is 1.87. The van der Waals surface area contributed by atoms with Crippen LogP contribution < -0.4 is 10.7 Å². The molecule has 2 aromatic rings. The fraction of sp³-hybridized carbons (Fsp3) is 0. The van der Waals surface area contributed by atoms with Gasteiger partial charge in [0, 0.05) is 11.1 Å². The van der Waals surface area contributed by atoms with E-state index in [4.69, 9.17) is 16.1 Å². The Balaban J connectivity index is 2.39. The van der Waals surface area contributed by atoms with Crippen molar-refractivity contribution in [3.8, 4) is 5.75 Å². The summed E-state index contributed by atoms with van der Waals surface area (Å²) in [6.07, 6.45) is 0. The van der Waals surface area contributed by atoms with E-state index in [2.05, 4.69) is 4.84 Å². The highest BCUT2D eigenvalue weighted by molar-refractivity contribution is 6.10. The maximum Gasteiger partial charge on any atom is 0.339 e. The molecular weight excluding hydrogens is 290 g/mol. The molecule has 0 fully saturated rings. The van der Waals surface area contributed by atoms with E-state index < -0.39 is 17.7 Å². The van der Waals surface area contributed by atoms with E-state index >= 15 is 0 Å². The summed E-state index contributed by atoms with van der Waals surface area (Å²) in [5.41, 5.74) is 0.175. The van der Waals surface area contributed by atoms with Gasteiger partial charge < -0.3 is 15.1 Å². The smallest absolute Gasteiger partial charge is 0.339 e. The molecule has 2 aromatic carbocycles. The van der Waals surface area contributed by atoms with Gasteiger partial charge in [-0.25, -0.2) is 9.59 Å². The van der Waals surface area contributed by atoms with Crippen molar-refractivity contribution in [1.82, 2.24) is 0 Å². The van der Waals surface area contributed by atoms with Crippen LogP contribution in [0.25, 0.3) is 0 Å². The van der Waals surface area contributed by atoms with Crippen LogP contribution >= 0.6 is 0 Å². The van der Waals surface area contributed by atoms with E-state index in [-0.39, 0.29) is 28.0 Å². The summed E-state index contributed by atoms with van der Waals surface area (Å²) in [5, 5.41) is 17.9. The first-order chi connectivity index (χ1) is 10.4. The molecule has 0 aromatic heterocycles. The number of hydrogen-bond donors (Lipinski definition) is 3. The molecule has 112 valence electrons. The van der Waals surface area contributed by atoms with E-state index in [0.29, 0.717) is 0 Å². The highest BCUT2D eigenvalue weighted by Crippen LogP contribution is 2.21. The number of rotatable bonds is 5. The van der Waals surface area contributed by atoms with E-state index in [0.717, 1.165) is 6.07 Å². The van der Waals surface area contributed by atoms with Crippen molar-refractivity contribution < 1.29 is 29.4 Å². The molecule has 0 aliphatic carbocycles. The fourth-order valence-electron chi connectivity index (χ4n) is 1.87. The summed E-state index contributed by atoms with van der Waals surface area (Å²) in [6.45, 7) is 0. The zero-order chi connectivity index (χ0) is 16.3. The Morgan fingerprint density at radius 2 is 1.36 bits per heavy atom. The van der Waals surface area contributed by atoms with Crippen LogP contribution in [0.2, 0.25) is 0 Å². The predicted octanol–water partition coefficient (Wildman–Crippen LogP) is 1.57. The van der Waals surface area contributed by atoms with E-state index in [9.17, 15) is 14.4 Å². The number of benzene rings is 2. The summed E-state index contributed by atoms with van der Waals surface area (Å²) >= 11 is 0. The lowest BCUT2D eigenvalue weighted by Crippen LogP contribution is -2.10. The molecule has 0 saturated heterocycles. The SMILES string of the molecule is NOc1ccc(C(=O)c2ccc(C(=O)O)cc2)cc1C(=O)O. The van der Waals surface area contributed by atoms with Gasteiger partial charge in [0.2, 0.25) is 0 Å². The van der Waals surface area contributed by atoms with Crippen LogP contribution in [0.4, 0.5) is 0 Å².